The van der Waals surface area contributed by atoms with Gasteiger partial charge in [0, 0.05) is 28.3 Å². The first kappa shape index (κ1) is 24.0. The Balaban J connectivity index is 1.75. The highest BCUT2D eigenvalue weighted by Gasteiger charge is 2.28. The summed E-state index contributed by atoms with van der Waals surface area (Å²) in [7, 11) is 1.56. The molecule has 0 aliphatic heterocycles. The standard InChI is InChI=1S/C26H24ClNO5/c1-17(25(30)19-8-10-20(27)11-9-19)33-26(31)23(16-24(29)18-6-4-3-5-7-18)28-21-12-14-22(32-2)15-13-21/h3-15,17,23,28H,16H2,1-2H3/t17-,23-/m1/s1. The molecule has 1 N–H and O–H groups in total. The van der Waals surface area contributed by atoms with Crippen molar-refractivity contribution in [3.8, 4) is 5.75 Å². The number of esters is 1. The average Bonchev–Trinajstić information content (AvgIpc) is 2.84. The van der Waals surface area contributed by atoms with Gasteiger partial charge in [-0.05, 0) is 55.5 Å². The molecule has 0 unspecified atom stereocenters. The summed E-state index contributed by atoms with van der Waals surface area (Å²) in [5.41, 5.74) is 1.46. The Bertz CT molecular complexity index is 1100. The van der Waals surface area contributed by atoms with E-state index in [-0.39, 0.29) is 18.0 Å². The van der Waals surface area contributed by atoms with Gasteiger partial charge in [0.1, 0.15) is 11.8 Å². The highest BCUT2D eigenvalue weighted by Crippen LogP contribution is 2.19. The molecule has 0 aliphatic rings. The summed E-state index contributed by atoms with van der Waals surface area (Å²) < 4.78 is 10.6. The second-order valence-corrected chi connectivity index (χ2v) is 7.81. The second-order valence-electron chi connectivity index (χ2n) is 7.37. The summed E-state index contributed by atoms with van der Waals surface area (Å²) in [6.45, 7) is 1.50. The molecule has 170 valence electrons. The van der Waals surface area contributed by atoms with Crippen LogP contribution in [-0.4, -0.2) is 36.8 Å². The minimum Gasteiger partial charge on any atom is -0.497 e. The molecule has 7 heteroatoms. The van der Waals surface area contributed by atoms with Crippen molar-refractivity contribution in [3.05, 3.63) is 95.0 Å². The summed E-state index contributed by atoms with van der Waals surface area (Å²) in [6.07, 6.45) is -1.18. The molecule has 0 spiro atoms. The topological polar surface area (TPSA) is 81.7 Å². The van der Waals surface area contributed by atoms with Crippen LogP contribution in [0, 0.1) is 0 Å². The van der Waals surface area contributed by atoms with Crippen molar-refractivity contribution < 1.29 is 23.9 Å². The third-order valence-corrected chi connectivity index (χ3v) is 5.24. The van der Waals surface area contributed by atoms with Crippen molar-refractivity contribution in [2.45, 2.75) is 25.5 Å². The molecule has 6 nitrogen and oxygen atoms in total. The molecule has 0 aliphatic carbocycles. The molecular weight excluding hydrogens is 442 g/mol. The van der Waals surface area contributed by atoms with E-state index in [1.54, 1.807) is 79.9 Å². The fraction of sp³-hybridized carbons (Fsp3) is 0.192. The van der Waals surface area contributed by atoms with Crippen LogP contribution >= 0.6 is 11.6 Å². The molecule has 33 heavy (non-hydrogen) atoms. The predicted molar refractivity (Wildman–Crippen MR) is 127 cm³/mol. The molecule has 0 amide bonds. The smallest absolute Gasteiger partial charge is 0.329 e. The maximum absolute atomic E-state index is 13.0. The summed E-state index contributed by atoms with van der Waals surface area (Å²) in [4.78, 5) is 38.4. The van der Waals surface area contributed by atoms with Crippen LogP contribution in [0.4, 0.5) is 5.69 Å². The summed E-state index contributed by atoms with van der Waals surface area (Å²) in [5, 5.41) is 3.54. The van der Waals surface area contributed by atoms with E-state index >= 15 is 0 Å². The van der Waals surface area contributed by atoms with E-state index in [2.05, 4.69) is 5.32 Å². The molecule has 3 aromatic carbocycles. The largest absolute Gasteiger partial charge is 0.497 e. The zero-order valence-corrected chi connectivity index (χ0v) is 19.0. The first-order valence-corrected chi connectivity index (χ1v) is 10.7. The molecule has 0 fully saturated rings. The van der Waals surface area contributed by atoms with Gasteiger partial charge in [-0.1, -0.05) is 41.9 Å². The van der Waals surface area contributed by atoms with Crippen molar-refractivity contribution in [3.63, 3.8) is 0 Å². The van der Waals surface area contributed by atoms with Crippen molar-refractivity contribution >= 4 is 34.8 Å². The Morgan fingerprint density at radius 1 is 0.879 bits per heavy atom. The van der Waals surface area contributed by atoms with E-state index in [0.29, 0.717) is 27.6 Å². The maximum atomic E-state index is 13.0. The average molecular weight is 466 g/mol. The molecule has 0 aromatic heterocycles. The lowest BCUT2D eigenvalue weighted by Crippen LogP contribution is -2.37. The minimum atomic E-state index is -1.04. The number of methoxy groups -OCH3 is 1. The van der Waals surface area contributed by atoms with Crippen molar-refractivity contribution in [2.24, 2.45) is 0 Å². The molecule has 0 radical (unpaired) electrons. The Morgan fingerprint density at radius 3 is 2.12 bits per heavy atom. The first-order valence-electron chi connectivity index (χ1n) is 10.4. The quantitative estimate of drug-likeness (QED) is 0.326. The van der Waals surface area contributed by atoms with E-state index in [4.69, 9.17) is 21.1 Å². The molecule has 3 aromatic rings. The Kier molecular flexibility index (Phi) is 8.22. The van der Waals surface area contributed by atoms with Crippen LogP contribution < -0.4 is 10.1 Å². The van der Waals surface area contributed by atoms with Crippen molar-refractivity contribution in [1.82, 2.24) is 0 Å². The fourth-order valence-corrected chi connectivity index (χ4v) is 3.29. The lowest BCUT2D eigenvalue weighted by Gasteiger charge is -2.21. The van der Waals surface area contributed by atoms with Crippen LogP contribution in [0.2, 0.25) is 5.02 Å². The van der Waals surface area contributed by atoms with Crippen LogP contribution in [0.1, 0.15) is 34.1 Å². The summed E-state index contributed by atoms with van der Waals surface area (Å²) >= 11 is 5.87. The summed E-state index contributed by atoms with van der Waals surface area (Å²) in [6, 6.07) is 20.9. The molecule has 0 saturated carbocycles. The number of carbonyl (C=O) groups excluding carboxylic acids is 3. The number of rotatable bonds is 10. The molecule has 0 bridgehead atoms. The Morgan fingerprint density at radius 2 is 1.52 bits per heavy atom. The number of nitrogens with one attached hydrogen (secondary N) is 1. The number of carbonyl (C=O) groups is 3. The number of hydrogen-bond donors (Lipinski definition) is 1. The Labute approximate surface area is 197 Å². The van der Waals surface area contributed by atoms with Gasteiger partial charge in [0.2, 0.25) is 5.78 Å². The summed E-state index contributed by atoms with van der Waals surface area (Å²) in [5.74, 6) is -0.639. The van der Waals surface area contributed by atoms with Gasteiger partial charge in [-0.2, -0.15) is 0 Å². The number of hydrogen-bond acceptors (Lipinski definition) is 6. The van der Waals surface area contributed by atoms with Gasteiger partial charge in [-0.15, -0.1) is 0 Å². The predicted octanol–water partition coefficient (Wildman–Crippen LogP) is 5.22. The van der Waals surface area contributed by atoms with Gasteiger partial charge in [0.25, 0.3) is 0 Å². The normalized spacial score (nSPS) is 12.3. The number of Topliss-reactive ketones (excluding diaryl/α,β-unsaturated/α-hetero) is 2. The molecule has 0 saturated heterocycles. The third-order valence-electron chi connectivity index (χ3n) is 4.99. The maximum Gasteiger partial charge on any atom is 0.329 e. The van der Waals surface area contributed by atoms with Gasteiger partial charge in [0.05, 0.1) is 7.11 Å². The highest BCUT2D eigenvalue weighted by molar-refractivity contribution is 6.30. The second kappa shape index (κ2) is 11.3. The van der Waals surface area contributed by atoms with E-state index in [1.807, 2.05) is 6.07 Å². The number of benzene rings is 3. The van der Waals surface area contributed by atoms with Crippen LogP contribution in [0.3, 0.4) is 0 Å². The Hall–Kier alpha value is -3.64. The van der Waals surface area contributed by atoms with E-state index < -0.39 is 18.1 Å². The number of halogens is 1. The lowest BCUT2D eigenvalue weighted by molar-refractivity contribution is -0.147. The van der Waals surface area contributed by atoms with E-state index in [0.717, 1.165) is 0 Å². The molecular formula is C26H24ClNO5. The van der Waals surface area contributed by atoms with E-state index in [1.165, 1.54) is 6.92 Å². The number of anilines is 1. The van der Waals surface area contributed by atoms with Gasteiger partial charge >= 0.3 is 5.97 Å². The molecule has 2 atom stereocenters. The van der Waals surface area contributed by atoms with Gasteiger partial charge in [-0.25, -0.2) is 4.79 Å². The zero-order valence-electron chi connectivity index (χ0n) is 18.3. The van der Waals surface area contributed by atoms with E-state index in [9.17, 15) is 14.4 Å². The van der Waals surface area contributed by atoms with Gasteiger partial charge in [0.15, 0.2) is 11.9 Å². The minimum absolute atomic E-state index is 0.142. The lowest BCUT2D eigenvalue weighted by atomic mass is 10.0. The van der Waals surface area contributed by atoms with Gasteiger partial charge in [-0.3, -0.25) is 9.59 Å². The van der Waals surface area contributed by atoms with Crippen molar-refractivity contribution in [1.29, 1.82) is 0 Å². The van der Waals surface area contributed by atoms with Gasteiger partial charge < -0.3 is 14.8 Å². The fourth-order valence-electron chi connectivity index (χ4n) is 3.17. The first-order chi connectivity index (χ1) is 15.9. The van der Waals surface area contributed by atoms with Crippen molar-refractivity contribution in [2.75, 3.05) is 12.4 Å². The zero-order chi connectivity index (χ0) is 23.8. The third kappa shape index (κ3) is 6.67. The van der Waals surface area contributed by atoms with Crippen LogP contribution in [0.15, 0.2) is 78.9 Å². The monoisotopic (exact) mass is 465 g/mol. The highest BCUT2D eigenvalue weighted by atomic mass is 35.5. The SMILES string of the molecule is COc1ccc(N[C@H](CC(=O)c2ccccc2)C(=O)O[C@H](C)C(=O)c2ccc(Cl)cc2)cc1. The number of ketones is 2. The molecule has 0 heterocycles. The number of ether oxygens (including phenoxy) is 2. The van der Waals surface area contributed by atoms with Crippen LogP contribution in [0.25, 0.3) is 0 Å². The van der Waals surface area contributed by atoms with Crippen LogP contribution in [0.5, 0.6) is 5.75 Å². The van der Waals surface area contributed by atoms with Crippen LogP contribution in [-0.2, 0) is 9.53 Å². The molecule has 3 rings (SSSR count).